The second-order valence-electron chi connectivity index (χ2n) is 4.75. The second kappa shape index (κ2) is 5.23. The summed E-state index contributed by atoms with van der Waals surface area (Å²) in [4.78, 5) is 0. The van der Waals surface area contributed by atoms with Crippen LogP contribution < -0.4 is 0 Å². The summed E-state index contributed by atoms with van der Waals surface area (Å²) < 4.78 is 7.40. The van der Waals surface area contributed by atoms with Crippen molar-refractivity contribution in [1.82, 2.24) is 25.2 Å². The Morgan fingerprint density at radius 2 is 1.91 bits per heavy atom. The van der Waals surface area contributed by atoms with Crippen molar-refractivity contribution in [2.45, 2.75) is 6.54 Å². The Kier molecular flexibility index (Phi) is 3.08. The van der Waals surface area contributed by atoms with Gasteiger partial charge in [-0.05, 0) is 30.3 Å². The molecule has 0 atom stereocenters. The van der Waals surface area contributed by atoms with Crippen LogP contribution in [0, 0.1) is 0 Å². The van der Waals surface area contributed by atoms with Gasteiger partial charge in [0.15, 0.2) is 0 Å². The lowest BCUT2D eigenvalue weighted by molar-refractivity contribution is 0.474. The molecule has 0 aliphatic rings. The van der Waals surface area contributed by atoms with Crippen LogP contribution in [-0.2, 0) is 6.54 Å². The van der Waals surface area contributed by atoms with Crippen molar-refractivity contribution in [2.24, 2.45) is 0 Å². The first-order valence-electron chi connectivity index (χ1n) is 6.66. The van der Waals surface area contributed by atoms with Crippen LogP contribution in [0.15, 0.2) is 52.9 Å². The fourth-order valence-electron chi connectivity index (χ4n) is 2.22. The highest BCUT2D eigenvalue weighted by Gasteiger charge is 2.11. The van der Waals surface area contributed by atoms with E-state index in [0.29, 0.717) is 23.3 Å². The summed E-state index contributed by atoms with van der Waals surface area (Å²) in [6.45, 7) is 0.369. The van der Waals surface area contributed by atoms with E-state index in [1.54, 1.807) is 16.8 Å². The van der Waals surface area contributed by atoms with Crippen LogP contribution >= 0.6 is 11.6 Å². The zero-order valence-corrected chi connectivity index (χ0v) is 12.1. The Balaban J connectivity index is 1.65. The second-order valence-corrected chi connectivity index (χ2v) is 5.18. The van der Waals surface area contributed by atoms with Crippen molar-refractivity contribution in [2.75, 3.05) is 0 Å². The Bertz CT molecular complexity index is 946. The molecule has 0 aliphatic heterocycles. The minimum Gasteiger partial charge on any atom is -0.419 e. The monoisotopic (exact) mass is 311 g/mol. The molecule has 0 unspecified atom stereocenters. The maximum atomic E-state index is 5.97. The largest absolute Gasteiger partial charge is 0.419 e. The van der Waals surface area contributed by atoms with Gasteiger partial charge in [0, 0.05) is 10.6 Å². The van der Waals surface area contributed by atoms with Crippen molar-refractivity contribution >= 4 is 22.6 Å². The van der Waals surface area contributed by atoms with Gasteiger partial charge in [-0.3, -0.25) is 0 Å². The van der Waals surface area contributed by atoms with Crippen LogP contribution in [0.3, 0.4) is 0 Å². The van der Waals surface area contributed by atoms with Gasteiger partial charge in [0.1, 0.15) is 12.1 Å². The maximum absolute atomic E-state index is 5.97. The summed E-state index contributed by atoms with van der Waals surface area (Å²) >= 11 is 5.97. The fraction of sp³-hybridized carbons (Fsp3) is 0.0667. The summed E-state index contributed by atoms with van der Waals surface area (Å²) in [5, 5.41) is 16.9. The molecule has 0 N–H and O–H groups in total. The van der Waals surface area contributed by atoms with Gasteiger partial charge in [-0.25, -0.2) is 4.68 Å². The first-order chi connectivity index (χ1) is 10.8. The van der Waals surface area contributed by atoms with Gasteiger partial charge >= 0.3 is 0 Å². The fourth-order valence-corrected chi connectivity index (χ4v) is 2.41. The van der Waals surface area contributed by atoms with Gasteiger partial charge in [0.2, 0.25) is 11.8 Å². The third-order valence-corrected chi connectivity index (χ3v) is 3.48. The molecule has 7 heteroatoms. The smallest absolute Gasteiger partial charge is 0.247 e. The van der Waals surface area contributed by atoms with Crippen LogP contribution in [0.5, 0.6) is 0 Å². The normalized spacial score (nSPS) is 11.1. The molecule has 2 heterocycles. The average molecular weight is 312 g/mol. The molecule has 2 aromatic carbocycles. The predicted molar refractivity (Wildman–Crippen MR) is 81.4 cm³/mol. The first-order valence-corrected chi connectivity index (χ1v) is 7.04. The molecule has 0 saturated heterocycles. The van der Waals surface area contributed by atoms with Gasteiger partial charge in [-0.15, -0.1) is 15.3 Å². The van der Waals surface area contributed by atoms with Crippen molar-refractivity contribution in [3.05, 3.63) is 59.4 Å². The van der Waals surface area contributed by atoms with Gasteiger partial charge < -0.3 is 4.42 Å². The number of hydrogen-bond acceptors (Lipinski definition) is 5. The van der Waals surface area contributed by atoms with Gasteiger partial charge in [-0.1, -0.05) is 35.0 Å². The molecule has 4 rings (SSSR count). The Morgan fingerprint density at radius 3 is 2.82 bits per heavy atom. The standard InChI is InChI=1S/C15H10ClN5O/c16-11-5-3-4-10(8-11)15-19-18-14(22-15)9-21-13-7-2-1-6-12(13)17-20-21/h1-8H,9H2. The highest BCUT2D eigenvalue weighted by Crippen LogP contribution is 2.22. The van der Waals surface area contributed by atoms with Gasteiger partial charge in [0.05, 0.1) is 5.52 Å². The Morgan fingerprint density at radius 1 is 1.00 bits per heavy atom. The van der Waals surface area contributed by atoms with E-state index in [1.165, 1.54) is 0 Å². The number of benzene rings is 2. The van der Waals surface area contributed by atoms with Gasteiger partial charge in [-0.2, -0.15) is 0 Å². The zero-order valence-electron chi connectivity index (χ0n) is 11.3. The molecule has 6 nitrogen and oxygen atoms in total. The summed E-state index contributed by atoms with van der Waals surface area (Å²) in [6.07, 6.45) is 0. The Hall–Kier alpha value is -2.73. The Labute approximate surface area is 130 Å². The van der Waals surface area contributed by atoms with Crippen molar-refractivity contribution < 1.29 is 4.42 Å². The summed E-state index contributed by atoms with van der Waals surface area (Å²) in [7, 11) is 0. The van der Waals surface area contributed by atoms with E-state index in [1.807, 2.05) is 36.4 Å². The molecule has 0 saturated carbocycles. The van der Waals surface area contributed by atoms with E-state index >= 15 is 0 Å². The van der Waals surface area contributed by atoms with E-state index in [9.17, 15) is 0 Å². The third kappa shape index (κ3) is 2.33. The third-order valence-electron chi connectivity index (χ3n) is 3.24. The number of para-hydroxylation sites is 1. The molecule has 0 radical (unpaired) electrons. The topological polar surface area (TPSA) is 69.6 Å². The van der Waals surface area contributed by atoms with E-state index in [2.05, 4.69) is 20.5 Å². The van der Waals surface area contributed by atoms with E-state index in [4.69, 9.17) is 16.0 Å². The van der Waals surface area contributed by atoms with Crippen LogP contribution in [0.2, 0.25) is 5.02 Å². The molecule has 4 aromatic rings. The molecule has 0 amide bonds. The lowest BCUT2D eigenvalue weighted by Crippen LogP contribution is -2.02. The van der Waals surface area contributed by atoms with Crippen LogP contribution in [0.1, 0.15) is 5.89 Å². The van der Waals surface area contributed by atoms with Gasteiger partial charge in [0.25, 0.3) is 0 Å². The zero-order chi connectivity index (χ0) is 14.9. The molecule has 0 aliphatic carbocycles. The maximum Gasteiger partial charge on any atom is 0.247 e. The van der Waals surface area contributed by atoms with Crippen LogP contribution in [0.4, 0.5) is 0 Å². The van der Waals surface area contributed by atoms with Crippen LogP contribution in [0.25, 0.3) is 22.5 Å². The number of fused-ring (bicyclic) bond motifs is 1. The minimum atomic E-state index is 0.369. The first kappa shape index (κ1) is 13.0. The molecule has 0 bridgehead atoms. The molecule has 0 fully saturated rings. The summed E-state index contributed by atoms with van der Waals surface area (Å²) in [6, 6.07) is 15.0. The number of aromatic nitrogens is 5. The van der Waals surface area contributed by atoms with Crippen molar-refractivity contribution in [3.63, 3.8) is 0 Å². The molecule has 22 heavy (non-hydrogen) atoms. The van der Waals surface area contributed by atoms with Crippen molar-refractivity contribution in [3.8, 4) is 11.5 Å². The number of hydrogen-bond donors (Lipinski definition) is 0. The number of halogens is 1. The molecular formula is C15H10ClN5O. The number of nitrogens with zero attached hydrogens (tertiary/aromatic N) is 5. The number of rotatable bonds is 3. The van der Waals surface area contributed by atoms with E-state index in [-0.39, 0.29) is 0 Å². The summed E-state index contributed by atoms with van der Waals surface area (Å²) in [5.74, 6) is 0.896. The summed E-state index contributed by atoms with van der Waals surface area (Å²) in [5.41, 5.74) is 2.54. The lowest BCUT2D eigenvalue weighted by atomic mass is 10.2. The van der Waals surface area contributed by atoms with Crippen LogP contribution in [-0.4, -0.2) is 25.2 Å². The molecule has 108 valence electrons. The molecular weight excluding hydrogens is 302 g/mol. The highest BCUT2D eigenvalue weighted by atomic mass is 35.5. The van der Waals surface area contributed by atoms with E-state index < -0.39 is 0 Å². The molecule has 0 spiro atoms. The minimum absolute atomic E-state index is 0.369. The quantitative estimate of drug-likeness (QED) is 0.581. The van der Waals surface area contributed by atoms with Crippen molar-refractivity contribution in [1.29, 1.82) is 0 Å². The van der Waals surface area contributed by atoms with E-state index in [0.717, 1.165) is 16.6 Å². The predicted octanol–water partition coefficient (Wildman–Crippen LogP) is 3.18. The average Bonchev–Trinajstić information content (AvgIpc) is 3.16. The SMILES string of the molecule is Clc1cccc(-c2nnc(Cn3nnc4ccccc43)o2)c1. The highest BCUT2D eigenvalue weighted by molar-refractivity contribution is 6.30. The lowest BCUT2D eigenvalue weighted by Gasteiger charge is -1.97. The molecule has 2 aromatic heterocycles.